The molecule has 2 aromatic carbocycles. The quantitative estimate of drug-likeness (QED) is 0.743. The molecule has 0 bridgehead atoms. The summed E-state index contributed by atoms with van der Waals surface area (Å²) in [6.45, 7) is 1.30. The highest BCUT2D eigenvalue weighted by atomic mass is 32.2. The first-order valence-electron chi connectivity index (χ1n) is 8.69. The maximum atomic E-state index is 13.1. The van der Waals surface area contributed by atoms with Crippen LogP contribution in [0.25, 0.3) is 0 Å². The fourth-order valence-corrected chi connectivity index (χ4v) is 4.94. The number of nitrogens with one attached hydrogen (secondary N) is 1. The zero-order valence-corrected chi connectivity index (χ0v) is 17.2. The number of sulfonamides is 2. The summed E-state index contributed by atoms with van der Waals surface area (Å²) in [6.07, 6.45) is 0.839. The second kappa shape index (κ2) is 8.09. The molecule has 1 saturated heterocycles. The Labute approximate surface area is 169 Å². The van der Waals surface area contributed by atoms with Crippen LogP contribution >= 0.6 is 0 Å². The Hall–Kier alpha value is -2.50. The first kappa shape index (κ1) is 21.2. The van der Waals surface area contributed by atoms with Crippen molar-refractivity contribution in [3.63, 3.8) is 0 Å². The van der Waals surface area contributed by atoms with Gasteiger partial charge in [-0.2, -0.15) is 4.31 Å². The van der Waals surface area contributed by atoms with Gasteiger partial charge in [-0.3, -0.25) is 4.79 Å². The van der Waals surface area contributed by atoms with E-state index in [2.05, 4.69) is 0 Å². The van der Waals surface area contributed by atoms with Crippen LogP contribution in [0.3, 0.4) is 0 Å². The number of hydrogen-bond donors (Lipinski definition) is 1. The van der Waals surface area contributed by atoms with Gasteiger partial charge in [0.1, 0.15) is 5.82 Å². The standard InChI is InChI=1S/C18H20FN3O5S2/c1-28(24,25)20-18(23)14-3-2-4-17(13-14)29(26,27)22-11-9-21(10-12-22)16-7-5-15(19)6-8-16/h2-8,13H,9-12H2,1H3,(H,20,23). The van der Waals surface area contributed by atoms with Gasteiger partial charge in [0.2, 0.25) is 20.0 Å². The lowest BCUT2D eigenvalue weighted by atomic mass is 10.2. The Kier molecular flexibility index (Phi) is 5.92. The molecule has 1 N–H and O–H groups in total. The normalized spacial score (nSPS) is 15.9. The number of anilines is 1. The SMILES string of the molecule is CS(=O)(=O)NC(=O)c1cccc(S(=O)(=O)N2CCN(c3ccc(F)cc3)CC2)c1. The van der Waals surface area contributed by atoms with Gasteiger partial charge >= 0.3 is 0 Å². The lowest BCUT2D eigenvalue weighted by Gasteiger charge is -2.35. The van der Waals surface area contributed by atoms with Crippen molar-refractivity contribution in [1.82, 2.24) is 9.03 Å². The van der Waals surface area contributed by atoms with Crippen molar-refractivity contribution < 1.29 is 26.0 Å². The molecule has 0 aromatic heterocycles. The maximum absolute atomic E-state index is 13.1. The van der Waals surface area contributed by atoms with E-state index in [0.717, 1.165) is 18.0 Å². The summed E-state index contributed by atoms with van der Waals surface area (Å²) < 4.78 is 64.5. The van der Waals surface area contributed by atoms with Crippen LogP contribution in [0.5, 0.6) is 0 Å². The van der Waals surface area contributed by atoms with Gasteiger partial charge < -0.3 is 4.90 Å². The Bertz CT molecular complexity index is 1110. The van der Waals surface area contributed by atoms with Crippen molar-refractivity contribution in [1.29, 1.82) is 0 Å². The summed E-state index contributed by atoms with van der Waals surface area (Å²) in [4.78, 5) is 13.9. The fourth-order valence-electron chi connectivity index (χ4n) is 3.01. The van der Waals surface area contributed by atoms with Crippen molar-refractivity contribution in [2.75, 3.05) is 37.3 Å². The van der Waals surface area contributed by atoms with Gasteiger partial charge in [0.05, 0.1) is 11.2 Å². The van der Waals surface area contributed by atoms with Crippen LogP contribution in [0.2, 0.25) is 0 Å². The third-order valence-electron chi connectivity index (χ3n) is 4.44. The third kappa shape index (κ3) is 5.11. The van der Waals surface area contributed by atoms with E-state index in [1.54, 1.807) is 12.1 Å². The van der Waals surface area contributed by atoms with Crippen molar-refractivity contribution in [2.24, 2.45) is 0 Å². The number of carbonyl (C=O) groups is 1. The van der Waals surface area contributed by atoms with Crippen molar-refractivity contribution in [3.05, 3.63) is 59.9 Å². The molecule has 156 valence electrons. The highest BCUT2D eigenvalue weighted by Crippen LogP contribution is 2.22. The molecule has 11 heteroatoms. The van der Waals surface area contributed by atoms with Gasteiger partial charge in [-0.05, 0) is 42.5 Å². The molecule has 3 rings (SSSR count). The third-order valence-corrected chi connectivity index (χ3v) is 6.89. The van der Waals surface area contributed by atoms with E-state index in [-0.39, 0.29) is 29.4 Å². The molecule has 1 amide bonds. The first-order valence-corrected chi connectivity index (χ1v) is 12.0. The van der Waals surface area contributed by atoms with Crippen molar-refractivity contribution >= 4 is 31.6 Å². The minimum atomic E-state index is -3.86. The molecule has 1 aliphatic heterocycles. The van der Waals surface area contributed by atoms with Crippen LogP contribution in [0.1, 0.15) is 10.4 Å². The van der Waals surface area contributed by atoms with Crippen LogP contribution in [0.4, 0.5) is 10.1 Å². The fraction of sp³-hybridized carbons (Fsp3) is 0.278. The zero-order chi connectivity index (χ0) is 21.2. The molecule has 8 nitrogen and oxygen atoms in total. The molecular formula is C18H20FN3O5S2. The molecule has 0 atom stereocenters. The first-order chi connectivity index (χ1) is 13.6. The molecule has 1 aliphatic rings. The van der Waals surface area contributed by atoms with Gasteiger partial charge in [0.15, 0.2) is 0 Å². The number of amides is 1. The van der Waals surface area contributed by atoms with E-state index in [0.29, 0.717) is 13.1 Å². The van der Waals surface area contributed by atoms with Crippen molar-refractivity contribution in [2.45, 2.75) is 4.90 Å². The number of piperazine rings is 1. The van der Waals surface area contributed by atoms with Gasteiger partial charge in [-0.1, -0.05) is 6.07 Å². The van der Waals surface area contributed by atoms with Gasteiger partial charge in [-0.15, -0.1) is 0 Å². The van der Waals surface area contributed by atoms with E-state index in [4.69, 9.17) is 0 Å². The van der Waals surface area contributed by atoms with Gasteiger partial charge in [0.25, 0.3) is 5.91 Å². The van der Waals surface area contributed by atoms with Crippen LogP contribution < -0.4 is 9.62 Å². The number of nitrogens with zero attached hydrogens (tertiary/aromatic N) is 2. The number of hydrogen-bond acceptors (Lipinski definition) is 6. The largest absolute Gasteiger partial charge is 0.369 e. The Morgan fingerprint density at radius 3 is 2.17 bits per heavy atom. The summed E-state index contributed by atoms with van der Waals surface area (Å²) in [5.74, 6) is -1.24. The summed E-state index contributed by atoms with van der Waals surface area (Å²) in [5, 5.41) is 0. The Balaban J connectivity index is 1.74. The lowest BCUT2D eigenvalue weighted by Crippen LogP contribution is -2.48. The zero-order valence-electron chi connectivity index (χ0n) is 15.6. The second-order valence-corrected chi connectivity index (χ2v) is 10.3. The molecule has 1 fully saturated rings. The molecule has 0 spiro atoms. The molecule has 0 radical (unpaired) electrons. The maximum Gasteiger partial charge on any atom is 0.264 e. The number of halogens is 1. The summed E-state index contributed by atoms with van der Waals surface area (Å²) in [6, 6.07) is 11.2. The number of carbonyl (C=O) groups excluding carboxylic acids is 1. The molecule has 0 saturated carbocycles. The second-order valence-electron chi connectivity index (χ2n) is 6.60. The Morgan fingerprint density at radius 2 is 1.59 bits per heavy atom. The van der Waals surface area contributed by atoms with Crippen LogP contribution in [-0.2, 0) is 20.0 Å². The van der Waals surface area contributed by atoms with Crippen LogP contribution in [-0.4, -0.2) is 59.5 Å². The summed E-state index contributed by atoms with van der Waals surface area (Å²) in [5.41, 5.74) is 0.740. The van der Waals surface area contributed by atoms with Crippen molar-refractivity contribution in [3.8, 4) is 0 Å². The van der Waals surface area contributed by atoms with E-state index >= 15 is 0 Å². The van der Waals surface area contributed by atoms with E-state index < -0.39 is 26.0 Å². The predicted molar refractivity (Wildman–Crippen MR) is 106 cm³/mol. The minimum Gasteiger partial charge on any atom is -0.369 e. The highest BCUT2D eigenvalue weighted by molar-refractivity contribution is 7.89. The molecule has 0 aliphatic carbocycles. The van der Waals surface area contributed by atoms with E-state index in [1.807, 2.05) is 9.62 Å². The molecular weight excluding hydrogens is 421 g/mol. The minimum absolute atomic E-state index is 0.0681. The van der Waals surface area contributed by atoms with E-state index in [1.165, 1.54) is 34.6 Å². The molecule has 29 heavy (non-hydrogen) atoms. The number of rotatable bonds is 5. The molecule has 1 heterocycles. The summed E-state index contributed by atoms with van der Waals surface area (Å²) in [7, 11) is -7.62. The van der Waals surface area contributed by atoms with Crippen LogP contribution in [0.15, 0.2) is 53.4 Å². The average Bonchev–Trinajstić information content (AvgIpc) is 2.67. The van der Waals surface area contributed by atoms with Gasteiger partial charge in [0, 0.05) is 37.4 Å². The monoisotopic (exact) mass is 441 g/mol. The predicted octanol–water partition coefficient (Wildman–Crippen LogP) is 1.03. The number of benzene rings is 2. The molecule has 2 aromatic rings. The molecule has 0 unspecified atom stereocenters. The van der Waals surface area contributed by atoms with E-state index in [9.17, 15) is 26.0 Å². The lowest BCUT2D eigenvalue weighted by molar-refractivity contribution is 0.0981. The summed E-state index contributed by atoms with van der Waals surface area (Å²) >= 11 is 0. The van der Waals surface area contributed by atoms with Crippen LogP contribution in [0, 0.1) is 5.82 Å². The highest BCUT2D eigenvalue weighted by Gasteiger charge is 2.29. The van der Waals surface area contributed by atoms with Gasteiger partial charge in [-0.25, -0.2) is 25.9 Å². The average molecular weight is 442 g/mol. The Morgan fingerprint density at radius 1 is 0.966 bits per heavy atom. The smallest absolute Gasteiger partial charge is 0.264 e. The topological polar surface area (TPSA) is 104 Å².